The Balaban J connectivity index is 1.65. The number of carbonyl (C=O) groups excluding carboxylic acids is 2. The molecular weight excluding hydrogens is 394 g/mol. The summed E-state index contributed by atoms with van der Waals surface area (Å²) in [7, 11) is 1.52. The van der Waals surface area contributed by atoms with E-state index in [1.807, 2.05) is 30.3 Å². The van der Waals surface area contributed by atoms with Crippen molar-refractivity contribution >= 4 is 11.8 Å². The Labute approximate surface area is 181 Å². The number of carbonyl (C=O) groups is 2. The minimum Gasteiger partial charge on any atom is -0.380 e. The summed E-state index contributed by atoms with van der Waals surface area (Å²) in [6.07, 6.45) is 5.57. The minimum atomic E-state index is -1.27. The van der Waals surface area contributed by atoms with E-state index in [9.17, 15) is 19.5 Å². The topological polar surface area (TPSA) is 91.6 Å². The van der Waals surface area contributed by atoms with Crippen LogP contribution in [0.25, 0.3) is 0 Å². The number of pyridine rings is 1. The summed E-state index contributed by atoms with van der Waals surface area (Å²) in [4.78, 5) is 40.4. The summed E-state index contributed by atoms with van der Waals surface area (Å²) in [6, 6.07) is 9.87. The molecule has 164 valence electrons. The summed E-state index contributed by atoms with van der Waals surface area (Å²) >= 11 is 0. The molecule has 0 bridgehead atoms. The van der Waals surface area contributed by atoms with E-state index in [1.54, 1.807) is 15.7 Å². The van der Waals surface area contributed by atoms with Gasteiger partial charge in [0.1, 0.15) is 11.2 Å². The molecule has 1 aliphatic heterocycles. The van der Waals surface area contributed by atoms with E-state index in [1.165, 1.54) is 7.05 Å². The van der Waals surface area contributed by atoms with Crippen molar-refractivity contribution in [2.24, 2.45) is 0 Å². The highest BCUT2D eigenvalue weighted by molar-refractivity contribution is 5.95. The van der Waals surface area contributed by atoms with E-state index in [4.69, 9.17) is 0 Å². The van der Waals surface area contributed by atoms with Crippen LogP contribution in [-0.4, -0.2) is 45.6 Å². The van der Waals surface area contributed by atoms with Crippen LogP contribution in [-0.2, 0) is 30.7 Å². The average molecular weight is 424 g/mol. The number of aromatic nitrogens is 1. The van der Waals surface area contributed by atoms with Gasteiger partial charge in [-0.25, -0.2) is 0 Å². The molecule has 1 saturated carbocycles. The summed E-state index contributed by atoms with van der Waals surface area (Å²) in [6.45, 7) is 1.13. The van der Waals surface area contributed by atoms with Crippen LogP contribution in [0.2, 0.25) is 0 Å². The maximum absolute atomic E-state index is 13.1. The van der Waals surface area contributed by atoms with E-state index in [0.29, 0.717) is 50.9 Å². The van der Waals surface area contributed by atoms with E-state index in [0.717, 1.165) is 24.0 Å². The Kier molecular flexibility index (Phi) is 5.96. The maximum atomic E-state index is 13.1. The third-order valence-electron chi connectivity index (χ3n) is 6.52. The molecule has 1 fully saturated rings. The first-order valence-corrected chi connectivity index (χ1v) is 11.0. The number of hydrogen-bond acceptors (Lipinski definition) is 4. The number of benzene rings is 1. The normalized spacial score (nSPS) is 17.3. The zero-order valence-corrected chi connectivity index (χ0v) is 17.9. The molecule has 2 amide bonds. The van der Waals surface area contributed by atoms with Gasteiger partial charge in [-0.15, -0.1) is 0 Å². The van der Waals surface area contributed by atoms with Gasteiger partial charge in [-0.05, 0) is 55.2 Å². The van der Waals surface area contributed by atoms with Crippen molar-refractivity contribution < 1.29 is 14.7 Å². The van der Waals surface area contributed by atoms with Crippen molar-refractivity contribution in [1.82, 2.24) is 14.8 Å². The Hall–Kier alpha value is -2.93. The van der Waals surface area contributed by atoms with Crippen LogP contribution in [0.1, 0.15) is 52.7 Å². The lowest BCUT2D eigenvalue weighted by molar-refractivity contribution is -0.151. The number of nitrogens with zero attached hydrogens (tertiary/aromatic N) is 2. The van der Waals surface area contributed by atoms with Crippen molar-refractivity contribution in [3.8, 4) is 0 Å². The van der Waals surface area contributed by atoms with Gasteiger partial charge in [-0.2, -0.15) is 0 Å². The average Bonchev–Trinajstić information content (AvgIpc) is 3.24. The van der Waals surface area contributed by atoms with Crippen molar-refractivity contribution in [2.45, 2.75) is 57.2 Å². The highest BCUT2D eigenvalue weighted by Gasteiger charge is 2.42. The molecule has 1 aromatic carbocycles. The predicted octanol–water partition coefficient (Wildman–Crippen LogP) is 1.64. The zero-order valence-electron chi connectivity index (χ0n) is 17.9. The molecule has 0 radical (unpaired) electrons. The lowest BCUT2D eigenvalue weighted by Gasteiger charge is -2.35. The Morgan fingerprint density at radius 3 is 2.55 bits per heavy atom. The molecule has 0 unspecified atom stereocenters. The second kappa shape index (κ2) is 8.67. The second-order valence-electron chi connectivity index (χ2n) is 8.54. The molecule has 1 aromatic heterocycles. The van der Waals surface area contributed by atoms with Gasteiger partial charge in [0.2, 0.25) is 0 Å². The molecule has 7 heteroatoms. The van der Waals surface area contributed by atoms with Crippen LogP contribution < -0.4 is 10.9 Å². The number of hydrogen-bond donors (Lipinski definition) is 2. The molecule has 2 heterocycles. The minimum absolute atomic E-state index is 0.166. The van der Waals surface area contributed by atoms with Crippen LogP contribution >= 0.6 is 0 Å². The van der Waals surface area contributed by atoms with E-state index in [2.05, 4.69) is 5.32 Å². The lowest BCUT2D eigenvalue weighted by atomic mass is 9.93. The van der Waals surface area contributed by atoms with Gasteiger partial charge in [-0.3, -0.25) is 14.4 Å². The Bertz CT molecular complexity index is 1040. The van der Waals surface area contributed by atoms with Gasteiger partial charge < -0.3 is 19.9 Å². The van der Waals surface area contributed by atoms with Crippen LogP contribution in [0.5, 0.6) is 0 Å². The second-order valence-corrected chi connectivity index (χ2v) is 8.54. The zero-order chi connectivity index (χ0) is 22.0. The van der Waals surface area contributed by atoms with Crippen molar-refractivity contribution in [1.29, 1.82) is 0 Å². The summed E-state index contributed by atoms with van der Waals surface area (Å²) in [5.74, 6) is -0.635. The third kappa shape index (κ3) is 4.14. The van der Waals surface area contributed by atoms with E-state index < -0.39 is 11.5 Å². The molecule has 2 aromatic rings. The van der Waals surface area contributed by atoms with E-state index >= 15 is 0 Å². The number of nitrogens with one attached hydrogen (secondary N) is 1. The monoisotopic (exact) mass is 423 g/mol. The number of aliphatic hydroxyl groups is 1. The molecule has 7 nitrogen and oxygen atoms in total. The molecule has 0 spiro atoms. The molecule has 2 aliphatic rings. The highest BCUT2D eigenvalue weighted by Crippen LogP contribution is 2.33. The molecule has 0 saturated heterocycles. The fourth-order valence-electron chi connectivity index (χ4n) is 4.77. The molecule has 0 atom stereocenters. The number of aryl methyl sites for hydroxylation is 2. The highest BCUT2D eigenvalue weighted by atomic mass is 16.3. The molecule has 1 aliphatic carbocycles. The number of rotatable bonds is 5. The first-order chi connectivity index (χ1) is 14.9. The number of amides is 2. The summed E-state index contributed by atoms with van der Waals surface area (Å²) < 4.78 is 1.58. The third-order valence-corrected chi connectivity index (χ3v) is 6.52. The smallest absolute Gasteiger partial charge is 0.263 e. The van der Waals surface area contributed by atoms with Gasteiger partial charge in [0.25, 0.3) is 17.4 Å². The fourth-order valence-corrected chi connectivity index (χ4v) is 4.77. The first kappa shape index (κ1) is 21.3. The molecule has 4 rings (SSSR count). The molecule has 31 heavy (non-hydrogen) atoms. The van der Waals surface area contributed by atoms with Crippen molar-refractivity contribution in [3.63, 3.8) is 0 Å². The Morgan fingerprint density at radius 1 is 1.16 bits per heavy atom. The number of fused-ring (bicyclic) bond motifs is 1. The largest absolute Gasteiger partial charge is 0.380 e. The summed E-state index contributed by atoms with van der Waals surface area (Å²) in [5, 5.41) is 13.3. The predicted molar refractivity (Wildman–Crippen MR) is 117 cm³/mol. The first-order valence-electron chi connectivity index (χ1n) is 11.0. The van der Waals surface area contributed by atoms with Gasteiger partial charge >= 0.3 is 0 Å². The lowest BCUT2D eigenvalue weighted by Crippen LogP contribution is -2.49. The fraction of sp³-hybridized carbons (Fsp3) is 0.458. The van der Waals surface area contributed by atoms with Gasteiger partial charge in [0.15, 0.2) is 0 Å². The van der Waals surface area contributed by atoms with Gasteiger partial charge in [0, 0.05) is 32.9 Å². The molecule has 2 N–H and O–H groups in total. The van der Waals surface area contributed by atoms with Crippen LogP contribution in [0, 0.1) is 0 Å². The van der Waals surface area contributed by atoms with Crippen LogP contribution in [0.3, 0.4) is 0 Å². The van der Waals surface area contributed by atoms with Crippen molar-refractivity contribution in [3.05, 3.63) is 69.1 Å². The maximum Gasteiger partial charge on any atom is 0.263 e. The molecular formula is C24H29N3O4. The SMILES string of the molecule is CNC(=O)c1c2c(cn(CCc3ccccc3)c1=O)CN(C(=O)C1(O)CCCC1)CC2. The van der Waals surface area contributed by atoms with Crippen LogP contribution in [0.4, 0.5) is 0 Å². The summed E-state index contributed by atoms with van der Waals surface area (Å²) in [5.41, 5.74) is 1.20. The van der Waals surface area contributed by atoms with Gasteiger partial charge in [0.05, 0.1) is 0 Å². The van der Waals surface area contributed by atoms with Crippen molar-refractivity contribution in [2.75, 3.05) is 13.6 Å². The Morgan fingerprint density at radius 2 is 1.87 bits per heavy atom. The van der Waals surface area contributed by atoms with E-state index in [-0.39, 0.29) is 17.0 Å². The van der Waals surface area contributed by atoms with Crippen LogP contribution in [0.15, 0.2) is 41.3 Å². The standard InChI is InChI=1S/C24H29N3O4/c1-25-21(28)20-19-10-14-27(23(30)24(31)11-5-6-12-24)16-18(19)15-26(22(20)29)13-9-17-7-3-2-4-8-17/h2-4,7-8,15,31H,5-6,9-14,16H2,1H3,(H,25,28). The quantitative estimate of drug-likeness (QED) is 0.765. The van der Waals surface area contributed by atoms with Gasteiger partial charge in [-0.1, -0.05) is 30.3 Å².